The van der Waals surface area contributed by atoms with Gasteiger partial charge < -0.3 is 0 Å². The summed E-state index contributed by atoms with van der Waals surface area (Å²) in [7, 11) is 0. The fourth-order valence-electron chi connectivity index (χ4n) is 6.09. The highest BCUT2D eigenvalue weighted by atomic mass is 19.2. The van der Waals surface area contributed by atoms with Gasteiger partial charge in [0.2, 0.25) is 0 Å². The molecule has 0 aliphatic heterocycles. The highest BCUT2D eigenvalue weighted by molar-refractivity contribution is 5.55. The predicted octanol–water partition coefficient (Wildman–Crippen LogP) is 8.50. The smallest absolute Gasteiger partial charge is 0.161 e. The normalized spacial score (nSPS) is 26.3. The zero-order valence-electron chi connectivity index (χ0n) is 22.1. The highest BCUT2D eigenvalue weighted by Gasteiger charge is 2.41. The lowest BCUT2D eigenvalue weighted by Crippen LogP contribution is -2.43. The molecule has 2 unspecified atom stereocenters. The Morgan fingerprint density at radius 2 is 1.67 bits per heavy atom. The Kier molecular flexibility index (Phi) is 9.35. The molecule has 2 aromatic rings. The van der Waals surface area contributed by atoms with Crippen molar-refractivity contribution in [3.05, 3.63) is 94.4 Å². The van der Waals surface area contributed by atoms with Gasteiger partial charge >= 0.3 is 0 Å². The summed E-state index contributed by atoms with van der Waals surface area (Å²) in [6.45, 7) is 4.21. The number of allylic oxidation sites excluding steroid dienone is 4. The molecule has 36 heavy (non-hydrogen) atoms. The van der Waals surface area contributed by atoms with Crippen molar-refractivity contribution in [3.8, 4) is 0 Å². The summed E-state index contributed by atoms with van der Waals surface area (Å²) >= 11 is 0. The molecular weight excluding hydrogens is 446 g/mol. The average molecular weight is 489 g/mol. The van der Waals surface area contributed by atoms with E-state index in [0.717, 1.165) is 24.0 Å². The van der Waals surface area contributed by atoms with Crippen LogP contribution in [-0.2, 0) is 6.42 Å². The van der Waals surface area contributed by atoms with Crippen LogP contribution in [0, 0.1) is 11.3 Å². The summed E-state index contributed by atoms with van der Waals surface area (Å²) < 4.78 is 30.8. The number of fused-ring (bicyclic) bond motifs is 1. The predicted molar refractivity (Wildman–Crippen MR) is 150 cm³/mol. The molecule has 2 aliphatic rings. The summed E-state index contributed by atoms with van der Waals surface area (Å²) in [4.78, 5) is 0. The van der Waals surface area contributed by atoms with Crippen LogP contribution in [0.5, 0.6) is 0 Å². The van der Waals surface area contributed by atoms with Gasteiger partial charge in [-0.25, -0.2) is 8.78 Å². The first kappa shape index (κ1) is 26.6. The zero-order valence-corrected chi connectivity index (χ0v) is 22.1. The minimum atomic E-state index is -1.60. The van der Waals surface area contributed by atoms with Crippen LogP contribution >= 0.6 is 0 Å². The van der Waals surface area contributed by atoms with Crippen molar-refractivity contribution in [1.82, 2.24) is 0 Å². The molecule has 0 nitrogen and oxygen atoms in total. The van der Waals surface area contributed by atoms with Crippen LogP contribution in [0.1, 0.15) is 88.7 Å². The molecule has 0 aromatic heterocycles. The molecule has 0 bridgehead atoms. The second-order valence-corrected chi connectivity index (χ2v) is 10.9. The second kappa shape index (κ2) is 12.7. The number of alkyl halides is 1. The van der Waals surface area contributed by atoms with E-state index in [0.29, 0.717) is 24.0 Å². The van der Waals surface area contributed by atoms with Gasteiger partial charge in [0.05, 0.1) is 0 Å². The third-order valence-corrected chi connectivity index (χ3v) is 8.37. The quantitative estimate of drug-likeness (QED) is 0.294. The molecule has 1 fully saturated rings. The first-order valence-electron chi connectivity index (χ1n) is 14.0. The van der Waals surface area contributed by atoms with Crippen LogP contribution in [0.15, 0.2) is 72.8 Å². The van der Waals surface area contributed by atoms with Crippen molar-refractivity contribution in [3.63, 3.8) is 0 Å². The van der Waals surface area contributed by atoms with Crippen LogP contribution in [0.2, 0.25) is 0 Å². The summed E-state index contributed by atoms with van der Waals surface area (Å²) in [6.07, 6.45) is 19.4. The average Bonchev–Trinajstić information content (AvgIpc) is 2.91. The molecule has 0 N–H and O–H groups in total. The topological polar surface area (TPSA) is 0 Å². The van der Waals surface area contributed by atoms with E-state index in [9.17, 15) is 0 Å². The molecule has 2 heteroatoms. The maximum Gasteiger partial charge on any atom is 0.161 e. The van der Waals surface area contributed by atoms with E-state index >= 15 is 8.78 Å². The summed E-state index contributed by atoms with van der Waals surface area (Å²) in [5, 5.41) is 1.23. The van der Waals surface area contributed by atoms with Crippen molar-refractivity contribution < 1.29 is 8.78 Å². The minimum absolute atomic E-state index is 0.409. The SMILES string of the molecule is C/C=C/CCC1(CCc2ccc(C3CCC(/C=C/CCC)CC3)cc2)C=c2ccccc2=C(F)C1F. The van der Waals surface area contributed by atoms with Gasteiger partial charge in [0.1, 0.15) is 5.83 Å². The number of hydrogen-bond donors (Lipinski definition) is 0. The van der Waals surface area contributed by atoms with Gasteiger partial charge in [0, 0.05) is 10.6 Å². The first-order valence-corrected chi connectivity index (χ1v) is 14.0. The van der Waals surface area contributed by atoms with Crippen LogP contribution in [0.25, 0.3) is 11.9 Å². The summed E-state index contributed by atoms with van der Waals surface area (Å²) in [5.41, 5.74) is 1.82. The molecular formula is C34H42F2. The first-order chi connectivity index (χ1) is 17.6. The highest BCUT2D eigenvalue weighted by Crippen LogP contribution is 2.43. The van der Waals surface area contributed by atoms with Crippen LogP contribution in [0.3, 0.4) is 0 Å². The molecule has 1 saturated carbocycles. The fraction of sp³-hybridized carbons (Fsp3) is 0.471. The third-order valence-electron chi connectivity index (χ3n) is 8.37. The maximum absolute atomic E-state index is 15.7. The Hall–Kier alpha value is -2.48. The van der Waals surface area contributed by atoms with Crippen molar-refractivity contribution >= 4 is 11.9 Å². The molecule has 0 amide bonds. The van der Waals surface area contributed by atoms with Gasteiger partial charge in [-0.05, 0) is 92.9 Å². The second-order valence-electron chi connectivity index (χ2n) is 10.9. The lowest BCUT2D eigenvalue weighted by atomic mass is 9.71. The third kappa shape index (κ3) is 6.25. The Morgan fingerprint density at radius 1 is 0.917 bits per heavy atom. The van der Waals surface area contributed by atoms with Crippen molar-refractivity contribution in [2.75, 3.05) is 0 Å². The number of halogens is 2. The van der Waals surface area contributed by atoms with Crippen molar-refractivity contribution in [2.24, 2.45) is 11.3 Å². The van der Waals surface area contributed by atoms with Crippen LogP contribution < -0.4 is 10.4 Å². The molecule has 2 aromatic carbocycles. The molecule has 192 valence electrons. The number of aryl methyl sites for hydroxylation is 1. The zero-order chi connectivity index (χ0) is 25.4. The van der Waals surface area contributed by atoms with E-state index in [1.807, 2.05) is 31.2 Å². The van der Waals surface area contributed by atoms with E-state index in [1.54, 1.807) is 12.1 Å². The number of rotatable bonds is 10. The molecule has 0 radical (unpaired) electrons. The maximum atomic E-state index is 15.7. The molecule has 2 aliphatic carbocycles. The minimum Gasteiger partial charge on any atom is -0.239 e. The Balaban J connectivity index is 1.44. The Labute approximate surface area is 216 Å². The summed E-state index contributed by atoms with van der Waals surface area (Å²) in [6, 6.07) is 16.3. The molecule has 0 saturated heterocycles. The standard InChI is InChI=1S/C34H42F2/c1-3-5-7-11-26-14-18-28(19-15-26)29-20-16-27(17-21-29)22-24-34(23-10-6-4-2)25-30-12-8-9-13-31(30)32(35)33(34)36/h4,6-9,11-13,16-17,20-21,25-26,28,33H,3,5,10,14-15,18-19,22-24H2,1-2H3/b6-4+,11-7+. The number of unbranched alkanes of at least 4 members (excludes halogenated alkanes) is 1. The fourth-order valence-corrected chi connectivity index (χ4v) is 6.09. The number of hydrogen-bond acceptors (Lipinski definition) is 0. The lowest BCUT2D eigenvalue weighted by Gasteiger charge is -2.35. The van der Waals surface area contributed by atoms with Gasteiger partial charge in [-0.1, -0.05) is 92.3 Å². The largest absolute Gasteiger partial charge is 0.239 e. The van der Waals surface area contributed by atoms with E-state index in [-0.39, 0.29) is 0 Å². The van der Waals surface area contributed by atoms with E-state index < -0.39 is 17.4 Å². The van der Waals surface area contributed by atoms with Gasteiger partial charge in [0.15, 0.2) is 6.17 Å². The Bertz CT molecular complexity index is 1150. The number of benzene rings is 2. The lowest BCUT2D eigenvalue weighted by molar-refractivity contribution is 0.180. The van der Waals surface area contributed by atoms with Crippen molar-refractivity contribution in [1.29, 1.82) is 0 Å². The van der Waals surface area contributed by atoms with E-state index in [4.69, 9.17) is 0 Å². The monoisotopic (exact) mass is 488 g/mol. The molecule has 0 heterocycles. The van der Waals surface area contributed by atoms with Crippen LogP contribution in [-0.4, -0.2) is 6.17 Å². The molecule has 0 spiro atoms. The van der Waals surface area contributed by atoms with Crippen molar-refractivity contribution in [2.45, 2.75) is 90.1 Å². The van der Waals surface area contributed by atoms with E-state index in [2.05, 4.69) is 49.4 Å². The summed E-state index contributed by atoms with van der Waals surface area (Å²) in [5.74, 6) is 0.779. The van der Waals surface area contributed by atoms with Gasteiger partial charge in [-0.3, -0.25) is 0 Å². The van der Waals surface area contributed by atoms with Crippen LogP contribution in [0.4, 0.5) is 8.78 Å². The van der Waals surface area contributed by atoms with Gasteiger partial charge in [0.25, 0.3) is 0 Å². The van der Waals surface area contributed by atoms with E-state index in [1.165, 1.54) is 49.7 Å². The van der Waals surface area contributed by atoms with Gasteiger partial charge in [-0.2, -0.15) is 0 Å². The molecule has 4 rings (SSSR count). The van der Waals surface area contributed by atoms with Gasteiger partial charge in [-0.15, -0.1) is 0 Å². The molecule has 2 atom stereocenters. The Morgan fingerprint density at radius 3 is 2.39 bits per heavy atom.